The molecule has 1 aliphatic rings. The molecule has 15 heavy (non-hydrogen) atoms. The zero-order chi connectivity index (χ0) is 10.7. The SMILES string of the molecule is [N-]=[N+]=NCC(=O)Nc1nnc(C2CC2)o1. The summed E-state index contributed by atoms with van der Waals surface area (Å²) in [4.78, 5) is 13.5. The lowest BCUT2D eigenvalue weighted by molar-refractivity contribution is -0.115. The van der Waals surface area contributed by atoms with E-state index in [2.05, 4.69) is 25.5 Å². The fraction of sp³-hybridized carbons (Fsp3) is 0.571. The van der Waals surface area contributed by atoms with E-state index in [0.29, 0.717) is 11.8 Å². The molecule has 1 aromatic rings. The second kappa shape index (κ2) is 3.97. The van der Waals surface area contributed by atoms with Gasteiger partial charge in [0.15, 0.2) is 0 Å². The highest BCUT2D eigenvalue weighted by molar-refractivity contribution is 5.90. The van der Waals surface area contributed by atoms with Gasteiger partial charge in [0.2, 0.25) is 11.8 Å². The summed E-state index contributed by atoms with van der Waals surface area (Å²) in [5.41, 5.74) is 7.99. The number of anilines is 1. The fourth-order valence-corrected chi connectivity index (χ4v) is 1.03. The monoisotopic (exact) mass is 208 g/mol. The Morgan fingerprint density at radius 1 is 1.67 bits per heavy atom. The Labute approximate surface area is 84.3 Å². The molecule has 0 radical (unpaired) electrons. The number of nitrogens with one attached hydrogen (secondary N) is 1. The van der Waals surface area contributed by atoms with Crippen molar-refractivity contribution in [2.75, 3.05) is 11.9 Å². The first kappa shape index (κ1) is 9.47. The molecule has 1 fully saturated rings. The first-order valence-corrected chi connectivity index (χ1v) is 4.43. The fourth-order valence-electron chi connectivity index (χ4n) is 1.03. The third kappa shape index (κ3) is 2.44. The predicted molar refractivity (Wildman–Crippen MR) is 48.9 cm³/mol. The lowest BCUT2D eigenvalue weighted by Crippen LogP contribution is -2.14. The molecule has 1 aromatic heterocycles. The second-order valence-corrected chi connectivity index (χ2v) is 3.16. The largest absolute Gasteiger partial charge is 0.408 e. The Balaban J connectivity index is 1.91. The van der Waals surface area contributed by atoms with Gasteiger partial charge < -0.3 is 4.42 Å². The normalized spacial score (nSPS) is 14.4. The molecule has 1 amide bonds. The van der Waals surface area contributed by atoms with Crippen molar-refractivity contribution in [3.05, 3.63) is 16.3 Å². The number of nitrogens with zero attached hydrogens (tertiary/aromatic N) is 5. The molecule has 0 aromatic carbocycles. The van der Waals surface area contributed by atoms with E-state index < -0.39 is 5.91 Å². The summed E-state index contributed by atoms with van der Waals surface area (Å²) in [7, 11) is 0. The lowest BCUT2D eigenvalue weighted by atomic mass is 10.4. The Morgan fingerprint density at radius 3 is 3.13 bits per heavy atom. The van der Waals surface area contributed by atoms with Crippen LogP contribution in [-0.4, -0.2) is 22.6 Å². The van der Waals surface area contributed by atoms with Gasteiger partial charge in [0, 0.05) is 10.8 Å². The first-order valence-electron chi connectivity index (χ1n) is 4.43. The Kier molecular flexibility index (Phi) is 2.51. The van der Waals surface area contributed by atoms with Gasteiger partial charge in [-0.05, 0) is 18.4 Å². The number of carbonyl (C=O) groups is 1. The van der Waals surface area contributed by atoms with Crippen LogP contribution in [0.3, 0.4) is 0 Å². The minimum atomic E-state index is -0.473. The number of hydrogen-bond acceptors (Lipinski definition) is 5. The Bertz CT molecular complexity index is 417. The maximum absolute atomic E-state index is 11.1. The second-order valence-electron chi connectivity index (χ2n) is 3.16. The summed E-state index contributed by atoms with van der Waals surface area (Å²) in [6, 6.07) is 0.0510. The zero-order valence-electron chi connectivity index (χ0n) is 7.75. The molecule has 0 atom stereocenters. The molecule has 1 aliphatic carbocycles. The number of carbonyl (C=O) groups excluding carboxylic acids is 1. The van der Waals surface area contributed by atoms with Crippen LogP contribution in [-0.2, 0) is 4.79 Å². The summed E-state index contributed by atoms with van der Waals surface area (Å²) >= 11 is 0. The van der Waals surface area contributed by atoms with Crippen molar-refractivity contribution in [3.63, 3.8) is 0 Å². The van der Waals surface area contributed by atoms with Gasteiger partial charge in [-0.2, -0.15) is 0 Å². The number of rotatable bonds is 4. The molecule has 1 heterocycles. The van der Waals surface area contributed by atoms with Gasteiger partial charge in [0.25, 0.3) is 0 Å². The topological polar surface area (TPSA) is 117 Å². The van der Waals surface area contributed by atoms with Crippen LogP contribution >= 0.6 is 0 Å². The molecule has 0 unspecified atom stereocenters. The minimum absolute atomic E-state index is 0.0510. The molecule has 0 bridgehead atoms. The number of amides is 1. The summed E-state index contributed by atoms with van der Waals surface area (Å²) < 4.78 is 5.17. The third-order valence-corrected chi connectivity index (χ3v) is 1.89. The van der Waals surface area contributed by atoms with E-state index in [1.165, 1.54) is 0 Å². The van der Waals surface area contributed by atoms with Crippen LogP contribution in [0.2, 0.25) is 0 Å². The van der Waals surface area contributed by atoms with Crippen molar-refractivity contribution in [2.24, 2.45) is 5.11 Å². The molecular formula is C7H8N6O2. The average Bonchev–Trinajstić information content (AvgIpc) is 2.98. The molecule has 0 saturated heterocycles. The van der Waals surface area contributed by atoms with Crippen LogP contribution in [0, 0.1) is 0 Å². The van der Waals surface area contributed by atoms with Crippen LogP contribution < -0.4 is 5.32 Å². The van der Waals surface area contributed by atoms with Gasteiger partial charge in [0.1, 0.15) is 6.54 Å². The van der Waals surface area contributed by atoms with Crippen LogP contribution in [0.25, 0.3) is 10.4 Å². The smallest absolute Gasteiger partial charge is 0.322 e. The van der Waals surface area contributed by atoms with E-state index in [0.717, 1.165) is 12.8 Å². The van der Waals surface area contributed by atoms with Crippen molar-refractivity contribution in [3.8, 4) is 0 Å². The standard InChI is InChI=1S/C7H8N6O2/c8-13-9-3-5(14)10-7-12-11-6(15-7)4-1-2-4/h4H,1-3H2,(H,10,12,14). The van der Waals surface area contributed by atoms with Crippen molar-refractivity contribution in [2.45, 2.75) is 18.8 Å². The molecule has 1 N–H and O–H groups in total. The maximum atomic E-state index is 11.1. The predicted octanol–water partition coefficient (Wildman–Crippen LogP) is 1.20. The van der Waals surface area contributed by atoms with E-state index in [1.54, 1.807) is 0 Å². The molecule has 0 spiro atoms. The van der Waals surface area contributed by atoms with Gasteiger partial charge in [-0.25, -0.2) is 0 Å². The van der Waals surface area contributed by atoms with Gasteiger partial charge in [-0.1, -0.05) is 10.2 Å². The third-order valence-electron chi connectivity index (χ3n) is 1.89. The molecule has 2 rings (SSSR count). The highest BCUT2D eigenvalue weighted by atomic mass is 16.4. The molecule has 8 nitrogen and oxygen atoms in total. The first-order chi connectivity index (χ1) is 7.29. The van der Waals surface area contributed by atoms with Crippen molar-refractivity contribution < 1.29 is 9.21 Å². The summed E-state index contributed by atoms with van der Waals surface area (Å²) in [6.07, 6.45) is 2.10. The highest BCUT2D eigenvalue weighted by Crippen LogP contribution is 2.39. The Morgan fingerprint density at radius 2 is 2.47 bits per heavy atom. The van der Waals surface area contributed by atoms with Crippen molar-refractivity contribution in [1.82, 2.24) is 10.2 Å². The van der Waals surface area contributed by atoms with Gasteiger partial charge in [-0.3, -0.25) is 10.1 Å². The van der Waals surface area contributed by atoms with Gasteiger partial charge in [0.05, 0.1) is 0 Å². The van der Waals surface area contributed by atoms with Gasteiger partial charge in [-0.15, -0.1) is 5.10 Å². The molecular weight excluding hydrogens is 200 g/mol. The Hall–Kier alpha value is -2.08. The quantitative estimate of drug-likeness (QED) is 0.454. The number of azide groups is 1. The summed E-state index contributed by atoms with van der Waals surface area (Å²) in [5, 5.41) is 12.9. The van der Waals surface area contributed by atoms with E-state index in [9.17, 15) is 4.79 Å². The van der Waals surface area contributed by atoms with E-state index in [4.69, 9.17) is 9.95 Å². The maximum Gasteiger partial charge on any atom is 0.322 e. The van der Waals surface area contributed by atoms with Crippen molar-refractivity contribution in [1.29, 1.82) is 0 Å². The number of hydrogen-bond donors (Lipinski definition) is 1. The van der Waals surface area contributed by atoms with Crippen LogP contribution in [0.5, 0.6) is 0 Å². The number of aromatic nitrogens is 2. The average molecular weight is 208 g/mol. The van der Waals surface area contributed by atoms with Crippen molar-refractivity contribution >= 4 is 11.9 Å². The highest BCUT2D eigenvalue weighted by Gasteiger charge is 2.29. The van der Waals surface area contributed by atoms with Crippen LogP contribution in [0.15, 0.2) is 9.53 Å². The minimum Gasteiger partial charge on any atom is -0.408 e. The lowest BCUT2D eigenvalue weighted by Gasteiger charge is -1.94. The van der Waals surface area contributed by atoms with Crippen LogP contribution in [0.1, 0.15) is 24.7 Å². The molecule has 1 saturated carbocycles. The van der Waals surface area contributed by atoms with Gasteiger partial charge >= 0.3 is 6.01 Å². The summed E-state index contributed by atoms with van der Waals surface area (Å²) in [6.45, 7) is -0.280. The van der Waals surface area contributed by atoms with Crippen LogP contribution in [0.4, 0.5) is 6.01 Å². The van der Waals surface area contributed by atoms with E-state index in [1.807, 2.05) is 0 Å². The van der Waals surface area contributed by atoms with E-state index >= 15 is 0 Å². The molecule has 78 valence electrons. The molecule has 8 heteroatoms. The van der Waals surface area contributed by atoms with E-state index in [-0.39, 0.29) is 12.6 Å². The summed E-state index contributed by atoms with van der Waals surface area (Å²) in [5.74, 6) is 0.424. The zero-order valence-corrected chi connectivity index (χ0v) is 7.75. The molecule has 0 aliphatic heterocycles.